The maximum absolute atomic E-state index is 13.4. The number of allylic oxidation sites excluding steroid dienone is 7. The van der Waals surface area contributed by atoms with E-state index in [-0.39, 0.29) is 18.9 Å². The molecule has 2 aliphatic rings. The monoisotopic (exact) mass is 1290 g/mol. The van der Waals surface area contributed by atoms with Crippen molar-refractivity contribution in [3.8, 4) is 0 Å². The van der Waals surface area contributed by atoms with Gasteiger partial charge in [-0.05, 0) is 57.8 Å². The Balaban J connectivity index is 1.65. The molecule has 12 unspecified atom stereocenters. The standard InChI is InChI=1S/C77H143NO13/c1-3-5-7-9-11-13-15-17-19-21-23-25-27-29-31-33-35-37-39-41-43-45-47-49-51-53-55-57-59-61-69(82)78-65(64-88-76-74(87)72(85)75(68(63-80)90-76)91-77-73(86)71(84)70(83)67(62-79)89-77)66(81)60-58-56-54-52-50-48-46-44-42-40-38-36-34-32-30-28-26-24-22-20-18-16-14-12-10-8-6-4-2/h15,17,21,23,27,29,58,60,65-68,70-77,79-81,83-87H,3-14,16,18-20,22,24-26,28,30-57,59,61-64H2,1-2H3,(H,78,82)/b17-15-,23-21-,29-27-,60-58+. The second kappa shape index (κ2) is 61.5. The Bertz CT molecular complexity index is 1710. The zero-order valence-electron chi connectivity index (χ0n) is 58.3. The Morgan fingerprint density at radius 2 is 0.725 bits per heavy atom. The highest BCUT2D eigenvalue weighted by Crippen LogP contribution is 2.30. The van der Waals surface area contributed by atoms with Gasteiger partial charge in [0.15, 0.2) is 12.6 Å². The molecule has 534 valence electrons. The zero-order chi connectivity index (χ0) is 65.9. The molecule has 0 aromatic rings. The predicted octanol–water partition coefficient (Wildman–Crippen LogP) is 16.6. The first-order chi connectivity index (χ1) is 44.6. The molecule has 2 fully saturated rings. The Morgan fingerprint density at radius 1 is 0.396 bits per heavy atom. The SMILES string of the molecule is CCCCCCC/C=C\C/C=C\C/C=C\CCCCCCCCCCCCCCCCC(=O)NC(COC1OC(CO)C(OC2OC(CO)C(O)C(O)C2O)C(O)C1O)C(O)/C=C/CCCCCCCCCCCCCCCCCCCCCCCCCCCC. The molecule has 14 heteroatoms. The Hall–Kier alpha value is -2.05. The summed E-state index contributed by atoms with van der Waals surface area (Å²) < 4.78 is 22.9. The van der Waals surface area contributed by atoms with Crippen LogP contribution in [0, 0.1) is 0 Å². The van der Waals surface area contributed by atoms with Gasteiger partial charge in [-0.1, -0.05) is 326 Å². The molecule has 0 aromatic heterocycles. The molecule has 2 heterocycles. The Morgan fingerprint density at radius 3 is 1.11 bits per heavy atom. The lowest BCUT2D eigenvalue weighted by molar-refractivity contribution is -0.359. The summed E-state index contributed by atoms with van der Waals surface area (Å²) in [5.41, 5.74) is 0. The number of rotatable bonds is 64. The highest BCUT2D eigenvalue weighted by Gasteiger charge is 2.51. The minimum atomic E-state index is -1.79. The molecule has 0 aliphatic carbocycles. The second-order valence-corrected chi connectivity index (χ2v) is 27.1. The first kappa shape index (κ1) is 85.0. The Labute approximate surface area is 556 Å². The van der Waals surface area contributed by atoms with Crippen molar-refractivity contribution in [1.29, 1.82) is 0 Å². The first-order valence-corrected chi connectivity index (χ1v) is 38.4. The summed E-state index contributed by atoms with van der Waals surface area (Å²) in [4.78, 5) is 13.4. The van der Waals surface area contributed by atoms with E-state index in [9.17, 15) is 45.6 Å². The van der Waals surface area contributed by atoms with E-state index in [4.69, 9.17) is 18.9 Å². The smallest absolute Gasteiger partial charge is 0.220 e. The van der Waals surface area contributed by atoms with Crippen LogP contribution in [0.4, 0.5) is 0 Å². The highest BCUT2D eigenvalue weighted by atomic mass is 16.7. The van der Waals surface area contributed by atoms with Crippen molar-refractivity contribution in [3.05, 3.63) is 48.6 Å². The van der Waals surface area contributed by atoms with Crippen LogP contribution in [0.5, 0.6) is 0 Å². The van der Waals surface area contributed by atoms with Crippen LogP contribution in [0.15, 0.2) is 48.6 Å². The molecule has 0 bridgehead atoms. The zero-order valence-corrected chi connectivity index (χ0v) is 58.3. The summed E-state index contributed by atoms with van der Waals surface area (Å²) in [6, 6.07) is -0.918. The summed E-state index contributed by atoms with van der Waals surface area (Å²) in [6.45, 7) is 2.84. The van der Waals surface area contributed by atoms with Crippen molar-refractivity contribution < 1.29 is 64.6 Å². The third-order valence-corrected chi connectivity index (χ3v) is 18.8. The summed E-state index contributed by atoms with van der Waals surface area (Å²) in [5, 5.41) is 87.6. The maximum atomic E-state index is 13.4. The number of carbonyl (C=O) groups is 1. The number of ether oxygens (including phenoxy) is 4. The van der Waals surface area contributed by atoms with Gasteiger partial charge >= 0.3 is 0 Å². The maximum Gasteiger partial charge on any atom is 0.220 e. The first-order valence-electron chi connectivity index (χ1n) is 38.4. The molecule has 0 aromatic carbocycles. The quantitative estimate of drug-likeness (QED) is 0.0204. The molecule has 91 heavy (non-hydrogen) atoms. The average Bonchev–Trinajstić information content (AvgIpc) is 1.06. The number of hydrogen-bond donors (Lipinski definition) is 9. The number of unbranched alkanes of at least 4 members (excludes halogenated alkanes) is 45. The fourth-order valence-electron chi connectivity index (χ4n) is 12.7. The molecule has 14 nitrogen and oxygen atoms in total. The summed E-state index contributed by atoms with van der Waals surface area (Å²) in [7, 11) is 0. The topological polar surface area (TPSA) is 228 Å². The normalized spacial score (nSPS) is 23.0. The van der Waals surface area contributed by atoms with E-state index in [2.05, 4.69) is 55.6 Å². The lowest BCUT2D eigenvalue weighted by atomic mass is 9.97. The molecule has 0 radical (unpaired) electrons. The van der Waals surface area contributed by atoms with Crippen molar-refractivity contribution in [1.82, 2.24) is 5.32 Å². The molecule has 12 atom stereocenters. The molecule has 0 saturated carbocycles. The molecular formula is C77H143NO13. The lowest BCUT2D eigenvalue weighted by Gasteiger charge is -2.46. The van der Waals surface area contributed by atoms with Crippen LogP contribution in [0.1, 0.15) is 341 Å². The molecule has 0 spiro atoms. The number of carbonyl (C=O) groups excluding carboxylic acids is 1. The van der Waals surface area contributed by atoms with E-state index in [1.165, 1.54) is 263 Å². The number of aliphatic hydroxyl groups is 8. The van der Waals surface area contributed by atoms with Gasteiger partial charge in [-0.3, -0.25) is 4.79 Å². The average molecular weight is 1290 g/mol. The third kappa shape index (κ3) is 45.2. The fraction of sp³-hybridized carbons (Fsp3) is 0.883. The summed E-state index contributed by atoms with van der Waals surface area (Å²) >= 11 is 0. The number of hydrogen-bond acceptors (Lipinski definition) is 13. The largest absolute Gasteiger partial charge is 0.394 e. The van der Waals surface area contributed by atoms with Crippen LogP contribution in [-0.2, 0) is 23.7 Å². The molecule has 2 rings (SSSR count). The van der Waals surface area contributed by atoms with Crippen molar-refractivity contribution in [2.45, 2.75) is 415 Å². The second-order valence-electron chi connectivity index (χ2n) is 27.1. The van der Waals surface area contributed by atoms with Crippen LogP contribution in [-0.4, -0.2) is 140 Å². The van der Waals surface area contributed by atoms with Crippen molar-refractivity contribution in [3.63, 3.8) is 0 Å². The van der Waals surface area contributed by atoms with Crippen LogP contribution in [0.2, 0.25) is 0 Å². The van der Waals surface area contributed by atoms with Gasteiger partial charge in [-0.15, -0.1) is 0 Å². The third-order valence-electron chi connectivity index (χ3n) is 18.8. The van der Waals surface area contributed by atoms with Gasteiger partial charge in [0.05, 0.1) is 32.0 Å². The van der Waals surface area contributed by atoms with Gasteiger partial charge in [-0.2, -0.15) is 0 Å². The number of aliphatic hydroxyl groups excluding tert-OH is 8. The van der Waals surface area contributed by atoms with Gasteiger partial charge in [0.25, 0.3) is 0 Å². The highest BCUT2D eigenvalue weighted by molar-refractivity contribution is 5.76. The predicted molar refractivity (Wildman–Crippen MR) is 374 cm³/mol. The van der Waals surface area contributed by atoms with E-state index in [1.807, 2.05) is 6.08 Å². The minimum absolute atomic E-state index is 0.236. The summed E-state index contributed by atoms with van der Waals surface area (Å²) in [6.07, 6.45) is 64.6. The van der Waals surface area contributed by atoms with Crippen LogP contribution < -0.4 is 5.32 Å². The number of amides is 1. The Kier molecular flexibility index (Phi) is 57.5. The minimum Gasteiger partial charge on any atom is -0.394 e. The molecule has 9 N–H and O–H groups in total. The van der Waals surface area contributed by atoms with Crippen LogP contribution in [0.3, 0.4) is 0 Å². The fourth-order valence-corrected chi connectivity index (χ4v) is 12.7. The van der Waals surface area contributed by atoms with E-state index >= 15 is 0 Å². The van der Waals surface area contributed by atoms with Gasteiger partial charge in [0.2, 0.25) is 5.91 Å². The van der Waals surface area contributed by atoms with Gasteiger partial charge in [-0.25, -0.2) is 0 Å². The van der Waals surface area contributed by atoms with E-state index in [0.717, 1.165) is 51.4 Å². The molecule has 2 aliphatic heterocycles. The van der Waals surface area contributed by atoms with Crippen molar-refractivity contribution in [2.24, 2.45) is 0 Å². The van der Waals surface area contributed by atoms with Crippen molar-refractivity contribution >= 4 is 5.91 Å². The van der Waals surface area contributed by atoms with Gasteiger partial charge in [0, 0.05) is 6.42 Å². The van der Waals surface area contributed by atoms with E-state index in [1.54, 1.807) is 6.08 Å². The summed E-state index contributed by atoms with van der Waals surface area (Å²) in [5.74, 6) is -0.236. The van der Waals surface area contributed by atoms with Gasteiger partial charge < -0.3 is 65.1 Å². The molecular weight excluding hydrogens is 1150 g/mol. The van der Waals surface area contributed by atoms with Crippen LogP contribution >= 0.6 is 0 Å². The van der Waals surface area contributed by atoms with E-state index in [0.29, 0.717) is 6.42 Å². The lowest BCUT2D eigenvalue weighted by Crippen LogP contribution is -2.65. The van der Waals surface area contributed by atoms with E-state index < -0.39 is 86.8 Å². The van der Waals surface area contributed by atoms with Gasteiger partial charge in [0.1, 0.15) is 48.8 Å². The molecule has 2 saturated heterocycles. The number of nitrogens with one attached hydrogen (secondary N) is 1. The van der Waals surface area contributed by atoms with Crippen molar-refractivity contribution in [2.75, 3.05) is 19.8 Å². The van der Waals surface area contributed by atoms with Crippen LogP contribution in [0.25, 0.3) is 0 Å². The molecule has 1 amide bonds.